The fraction of sp³-hybridized carbons (Fsp3) is 0.417. The first-order valence-electron chi connectivity index (χ1n) is 5.25. The zero-order valence-electron chi connectivity index (χ0n) is 10.1. The van der Waals surface area contributed by atoms with Crippen molar-refractivity contribution in [2.24, 2.45) is 5.73 Å². The van der Waals surface area contributed by atoms with Gasteiger partial charge in [-0.3, -0.25) is 4.79 Å². The second-order valence-electron chi connectivity index (χ2n) is 3.77. The number of benzene rings is 1. The van der Waals surface area contributed by atoms with Crippen LogP contribution in [0.3, 0.4) is 0 Å². The Morgan fingerprint density at radius 1 is 1.41 bits per heavy atom. The number of ether oxygens (including phenoxy) is 2. The summed E-state index contributed by atoms with van der Waals surface area (Å²) in [5.41, 5.74) is 6.51. The molecule has 0 amide bonds. The lowest BCUT2D eigenvalue weighted by atomic mass is 10.0. The minimum atomic E-state index is -0.667. The maximum atomic E-state index is 10.9. The fourth-order valence-corrected chi connectivity index (χ4v) is 1.41. The lowest BCUT2D eigenvalue weighted by Crippen LogP contribution is -2.23. The Labute approximate surface area is 100 Å². The topological polar surface area (TPSA) is 81.8 Å². The third kappa shape index (κ3) is 3.44. The number of carbonyl (C=O) groups is 1. The second-order valence-corrected chi connectivity index (χ2v) is 3.77. The third-order valence-electron chi connectivity index (χ3n) is 2.35. The number of rotatable bonds is 4. The lowest BCUT2D eigenvalue weighted by Gasteiger charge is -2.17. The van der Waals surface area contributed by atoms with Crippen molar-refractivity contribution in [1.82, 2.24) is 0 Å². The van der Waals surface area contributed by atoms with E-state index in [0.29, 0.717) is 17.1 Å². The molecule has 1 rings (SSSR count). The number of esters is 1. The van der Waals surface area contributed by atoms with Crippen molar-refractivity contribution >= 4 is 5.97 Å². The molecular formula is C12H17NO4. The Morgan fingerprint density at radius 3 is 2.53 bits per heavy atom. The summed E-state index contributed by atoms with van der Waals surface area (Å²) in [6.07, 6.45) is -0.667. The van der Waals surface area contributed by atoms with E-state index in [2.05, 4.69) is 0 Å². The molecule has 0 aliphatic carbocycles. The van der Waals surface area contributed by atoms with E-state index in [0.717, 1.165) is 0 Å². The molecule has 0 aliphatic heterocycles. The fourth-order valence-electron chi connectivity index (χ4n) is 1.41. The number of aliphatic hydroxyl groups excluding tert-OH is 1. The van der Waals surface area contributed by atoms with E-state index in [1.165, 1.54) is 14.0 Å². The summed E-state index contributed by atoms with van der Waals surface area (Å²) in [5.74, 6) is 0.325. The first kappa shape index (κ1) is 13.5. The minimum Gasteiger partial charge on any atom is -0.493 e. The molecule has 17 heavy (non-hydrogen) atoms. The first-order chi connectivity index (χ1) is 7.95. The molecule has 3 N–H and O–H groups in total. The predicted molar refractivity (Wildman–Crippen MR) is 62.9 cm³/mol. The van der Waals surface area contributed by atoms with Crippen LogP contribution in [0, 0.1) is 0 Å². The lowest BCUT2D eigenvalue weighted by molar-refractivity contribution is -0.132. The molecule has 94 valence electrons. The summed E-state index contributed by atoms with van der Waals surface area (Å²) < 4.78 is 10.1. The summed E-state index contributed by atoms with van der Waals surface area (Å²) in [6.45, 7) is 2.92. The Morgan fingerprint density at radius 2 is 2.06 bits per heavy atom. The van der Waals surface area contributed by atoms with Gasteiger partial charge in [-0.15, -0.1) is 0 Å². The van der Waals surface area contributed by atoms with Gasteiger partial charge in [0.25, 0.3) is 0 Å². The Bertz CT molecular complexity index is 403. The number of carbonyl (C=O) groups excluding carboxylic acids is 1. The SMILES string of the molecule is COc1cc([C@@H](N)[C@H](C)O)ccc1OC(C)=O. The number of methoxy groups -OCH3 is 1. The summed E-state index contributed by atoms with van der Waals surface area (Å²) >= 11 is 0. The van der Waals surface area contributed by atoms with E-state index in [1.54, 1.807) is 25.1 Å². The molecule has 0 radical (unpaired) electrons. The number of aliphatic hydroxyl groups is 1. The molecule has 0 saturated carbocycles. The zero-order chi connectivity index (χ0) is 13.0. The molecule has 0 spiro atoms. The molecule has 0 saturated heterocycles. The van der Waals surface area contributed by atoms with Crippen molar-refractivity contribution in [2.75, 3.05) is 7.11 Å². The van der Waals surface area contributed by atoms with E-state index in [-0.39, 0.29) is 0 Å². The van der Waals surface area contributed by atoms with Gasteiger partial charge in [-0.05, 0) is 24.6 Å². The number of nitrogens with two attached hydrogens (primary N) is 1. The van der Waals surface area contributed by atoms with E-state index in [1.807, 2.05) is 0 Å². The van der Waals surface area contributed by atoms with Crippen molar-refractivity contribution in [1.29, 1.82) is 0 Å². The van der Waals surface area contributed by atoms with Crippen LogP contribution in [0.25, 0.3) is 0 Å². The predicted octanol–water partition coefficient (Wildman–Crippen LogP) is 1.00. The highest BCUT2D eigenvalue weighted by atomic mass is 16.6. The van der Waals surface area contributed by atoms with Crippen LogP contribution in [0.5, 0.6) is 11.5 Å². The van der Waals surface area contributed by atoms with Crippen LogP contribution < -0.4 is 15.2 Å². The normalized spacial score (nSPS) is 13.9. The van der Waals surface area contributed by atoms with Gasteiger partial charge in [0.05, 0.1) is 19.3 Å². The second kappa shape index (κ2) is 5.65. The van der Waals surface area contributed by atoms with Gasteiger partial charge in [-0.25, -0.2) is 0 Å². The van der Waals surface area contributed by atoms with Gasteiger partial charge in [0.1, 0.15) is 0 Å². The average molecular weight is 239 g/mol. The van der Waals surface area contributed by atoms with Crippen LogP contribution >= 0.6 is 0 Å². The molecule has 0 heterocycles. The van der Waals surface area contributed by atoms with Crippen molar-refractivity contribution in [3.8, 4) is 11.5 Å². The van der Waals surface area contributed by atoms with E-state index < -0.39 is 18.1 Å². The van der Waals surface area contributed by atoms with Crippen molar-refractivity contribution in [3.05, 3.63) is 23.8 Å². The van der Waals surface area contributed by atoms with Crippen molar-refractivity contribution in [2.45, 2.75) is 26.0 Å². The minimum absolute atomic E-state index is 0.335. The smallest absolute Gasteiger partial charge is 0.308 e. The van der Waals surface area contributed by atoms with Crippen LogP contribution in [0.4, 0.5) is 0 Å². The monoisotopic (exact) mass is 239 g/mol. The molecule has 0 aliphatic rings. The van der Waals surface area contributed by atoms with E-state index in [4.69, 9.17) is 15.2 Å². The van der Waals surface area contributed by atoms with Crippen molar-refractivity contribution in [3.63, 3.8) is 0 Å². The highest BCUT2D eigenvalue weighted by Gasteiger charge is 2.15. The molecule has 1 aromatic carbocycles. The largest absolute Gasteiger partial charge is 0.493 e. The first-order valence-corrected chi connectivity index (χ1v) is 5.25. The van der Waals surface area contributed by atoms with Gasteiger partial charge in [-0.1, -0.05) is 6.07 Å². The summed E-state index contributed by atoms with van der Waals surface area (Å²) in [5, 5.41) is 9.40. The van der Waals surface area contributed by atoms with Gasteiger partial charge in [0.2, 0.25) is 0 Å². The molecule has 5 nitrogen and oxygen atoms in total. The zero-order valence-corrected chi connectivity index (χ0v) is 10.1. The van der Waals surface area contributed by atoms with Gasteiger partial charge < -0.3 is 20.3 Å². The van der Waals surface area contributed by atoms with Crippen LogP contribution in [-0.2, 0) is 4.79 Å². The van der Waals surface area contributed by atoms with Crippen molar-refractivity contribution < 1.29 is 19.4 Å². The van der Waals surface area contributed by atoms with Gasteiger partial charge in [-0.2, -0.15) is 0 Å². The van der Waals surface area contributed by atoms with Crippen LogP contribution in [0.15, 0.2) is 18.2 Å². The van der Waals surface area contributed by atoms with E-state index >= 15 is 0 Å². The maximum absolute atomic E-state index is 10.9. The van der Waals surface area contributed by atoms with Crippen LogP contribution in [0.2, 0.25) is 0 Å². The van der Waals surface area contributed by atoms with E-state index in [9.17, 15) is 9.90 Å². The molecular weight excluding hydrogens is 222 g/mol. The van der Waals surface area contributed by atoms with Gasteiger partial charge in [0.15, 0.2) is 11.5 Å². The number of hydrogen-bond acceptors (Lipinski definition) is 5. The quantitative estimate of drug-likeness (QED) is 0.605. The summed E-state index contributed by atoms with van der Waals surface area (Å²) in [6, 6.07) is 4.43. The molecule has 0 unspecified atom stereocenters. The Hall–Kier alpha value is -1.59. The average Bonchev–Trinajstić information content (AvgIpc) is 2.27. The standard InChI is InChI=1S/C12H17NO4/c1-7(14)12(13)9-4-5-10(17-8(2)15)11(6-9)16-3/h4-7,12,14H,13H2,1-3H3/t7-,12-/m0/s1. The van der Waals surface area contributed by atoms with Crippen LogP contribution in [0.1, 0.15) is 25.5 Å². The third-order valence-corrected chi connectivity index (χ3v) is 2.35. The highest BCUT2D eigenvalue weighted by molar-refractivity contribution is 5.70. The maximum Gasteiger partial charge on any atom is 0.308 e. The molecule has 5 heteroatoms. The Balaban J connectivity index is 3.03. The molecule has 0 fully saturated rings. The molecule has 2 atom stereocenters. The molecule has 1 aromatic rings. The molecule has 0 bridgehead atoms. The highest BCUT2D eigenvalue weighted by Crippen LogP contribution is 2.30. The summed E-state index contributed by atoms with van der Waals surface area (Å²) in [4.78, 5) is 10.9. The van der Waals surface area contributed by atoms with Gasteiger partial charge in [0, 0.05) is 6.92 Å². The Kier molecular flexibility index (Phi) is 4.48. The van der Waals surface area contributed by atoms with Gasteiger partial charge >= 0.3 is 5.97 Å². The molecule has 0 aromatic heterocycles. The summed E-state index contributed by atoms with van der Waals surface area (Å²) in [7, 11) is 1.47. The van der Waals surface area contributed by atoms with Crippen LogP contribution in [-0.4, -0.2) is 24.3 Å². The number of hydrogen-bond donors (Lipinski definition) is 2.